The highest BCUT2D eigenvalue weighted by molar-refractivity contribution is 6.36. The summed E-state index contributed by atoms with van der Waals surface area (Å²) < 4.78 is 0. The van der Waals surface area contributed by atoms with Crippen LogP contribution in [0.25, 0.3) is 0 Å². The Bertz CT molecular complexity index is 613. The van der Waals surface area contributed by atoms with Crippen LogP contribution >= 0.6 is 23.2 Å². The summed E-state index contributed by atoms with van der Waals surface area (Å²) in [6.07, 6.45) is 0. The Kier molecular flexibility index (Phi) is 4.11. The predicted molar refractivity (Wildman–Crippen MR) is 79.3 cm³/mol. The summed E-state index contributed by atoms with van der Waals surface area (Å²) in [5, 5.41) is 0.549. The molecule has 1 aromatic carbocycles. The molecule has 6 nitrogen and oxygen atoms in total. The van der Waals surface area contributed by atoms with Crippen LogP contribution in [0.3, 0.4) is 0 Å². The highest BCUT2D eigenvalue weighted by atomic mass is 35.5. The number of hydrogen-bond acceptors (Lipinski definition) is 3. The Labute approximate surface area is 131 Å². The van der Waals surface area contributed by atoms with Crippen molar-refractivity contribution in [3.05, 3.63) is 28.2 Å². The third-order valence-corrected chi connectivity index (χ3v) is 3.51. The molecule has 4 amide bonds. The summed E-state index contributed by atoms with van der Waals surface area (Å²) in [5.41, 5.74) is 5.45. The molecule has 1 unspecified atom stereocenters. The summed E-state index contributed by atoms with van der Waals surface area (Å²) in [5.74, 6) is -1.59. The van der Waals surface area contributed by atoms with Gasteiger partial charge in [-0.3, -0.25) is 9.59 Å². The summed E-state index contributed by atoms with van der Waals surface area (Å²) in [7, 11) is 0. The number of imide groups is 1. The van der Waals surface area contributed by atoms with Gasteiger partial charge in [0.2, 0.25) is 5.91 Å². The van der Waals surface area contributed by atoms with E-state index in [4.69, 9.17) is 28.9 Å². The van der Waals surface area contributed by atoms with Crippen LogP contribution in [0.4, 0.5) is 10.5 Å². The van der Waals surface area contributed by atoms with Gasteiger partial charge in [0.25, 0.3) is 5.91 Å². The number of nitrogens with two attached hydrogens (primary N) is 1. The third-order valence-electron chi connectivity index (χ3n) is 3.08. The van der Waals surface area contributed by atoms with Crippen molar-refractivity contribution in [3.8, 4) is 0 Å². The SMILES string of the molecule is CC(C)N1C(=O)N(c2cc(Cl)cc(Cl)c2)C(=O)C1C(N)=O. The molecule has 1 heterocycles. The second-order valence-corrected chi connectivity index (χ2v) is 5.76. The molecule has 2 rings (SSSR count). The van der Waals surface area contributed by atoms with Gasteiger partial charge >= 0.3 is 6.03 Å². The van der Waals surface area contributed by atoms with Crippen LogP contribution in [0.1, 0.15) is 13.8 Å². The largest absolute Gasteiger partial charge is 0.367 e. The first kappa shape index (κ1) is 15.6. The molecule has 1 saturated heterocycles. The Hall–Kier alpha value is -1.79. The minimum absolute atomic E-state index is 0.205. The van der Waals surface area contributed by atoms with E-state index < -0.39 is 23.9 Å². The zero-order valence-corrected chi connectivity index (χ0v) is 12.9. The number of rotatable bonds is 3. The van der Waals surface area contributed by atoms with Gasteiger partial charge < -0.3 is 10.6 Å². The number of halogens is 2. The van der Waals surface area contributed by atoms with E-state index in [1.807, 2.05) is 0 Å². The monoisotopic (exact) mass is 329 g/mol. The molecule has 0 radical (unpaired) electrons. The summed E-state index contributed by atoms with van der Waals surface area (Å²) in [4.78, 5) is 38.3. The zero-order chi connectivity index (χ0) is 15.9. The number of amides is 4. The lowest BCUT2D eigenvalue weighted by molar-refractivity contribution is -0.130. The number of primary amides is 1. The van der Waals surface area contributed by atoms with Gasteiger partial charge in [0.1, 0.15) is 0 Å². The van der Waals surface area contributed by atoms with E-state index in [1.165, 1.54) is 18.2 Å². The number of urea groups is 1. The van der Waals surface area contributed by atoms with E-state index in [2.05, 4.69) is 0 Å². The van der Waals surface area contributed by atoms with E-state index in [0.717, 1.165) is 9.80 Å². The van der Waals surface area contributed by atoms with E-state index in [0.29, 0.717) is 0 Å². The smallest absolute Gasteiger partial charge is 0.332 e. The van der Waals surface area contributed by atoms with Crippen molar-refractivity contribution in [1.29, 1.82) is 0 Å². The third kappa shape index (κ3) is 2.69. The van der Waals surface area contributed by atoms with Gasteiger partial charge in [-0.1, -0.05) is 23.2 Å². The topological polar surface area (TPSA) is 83.7 Å². The molecule has 1 atom stereocenters. The molecule has 21 heavy (non-hydrogen) atoms. The van der Waals surface area contributed by atoms with Crippen molar-refractivity contribution in [2.45, 2.75) is 25.9 Å². The second-order valence-electron chi connectivity index (χ2n) is 4.89. The normalized spacial score (nSPS) is 18.8. The number of benzene rings is 1. The molecule has 0 saturated carbocycles. The Morgan fingerprint density at radius 3 is 2.10 bits per heavy atom. The van der Waals surface area contributed by atoms with Gasteiger partial charge in [-0.15, -0.1) is 0 Å². The van der Waals surface area contributed by atoms with Crippen LogP contribution in [-0.2, 0) is 9.59 Å². The Morgan fingerprint density at radius 2 is 1.71 bits per heavy atom. The van der Waals surface area contributed by atoms with E-state index in [1.54, 1.807) is 13.8 Å². The van der Waals surface area contributed by atoms with Crippen LogP contribution in [-0.4, -0.2) is 34.8 Å². The number of hydrogen-bond donors (Lipinski definition) is 1. The van der Waals surface area contributed by atoms with E-state index >= 15 is 0 Å². The molecular weight excluding hydrogens is 317 g/mol. The molecule has 0 aromatic heterocycles. The van der Waals surface area contributed by atoms with Gasteiger partial charge in [0.05, 0.1) is 5.69 Å². The fraction of sp³-hybridized carbons (Fsp3) is 0.308. The lowest BCUT2D eigenvalue weighted by Gasteiger charge is -2.23. The maximum Gasteiger partial charge on any atom is 0.332 e. The highest BCUT2D eigenvalue weighted by Gasteiger charge is 2.50. The first-order chi connectivity index (χ1) is 9.73. The van der Waals surface area contributed by atoms with Crippen molar-refractivity contribution in [1.82, 2.24) is 4.90 Å². The fourth-order valence-corrected chi connectivity index (χ4v) is 2.76. The average Bonchev–Trinajstić information content (AvgIpc) is 2.59. The number of carbonyl (C=O) groups is 3. The predicted octanol–water partition coefficient (Wildman–Crippen LogP) is 2.02. The van der Waals surface area contributed by atoms with Crippen LogP contribution in [0.2, 0.25) is 10.0 Å². The van der Waals surface area contributed by atoms with Crippen molar-refractivity contribution in [2.24, 2.45) is 5.73 Å². The standard InChI is InChI=1S/C13H13Cl2N3O3/c1-6(2)17-10(11(16)19)12(20)18(13(17)21)9-4-7(14)3-8(15)5-9/h3-6,10H,1-2H3,(H2,16,19). The molecule has 1 aliphatic heterocycles. The van der Waals surface area contributed by atoms with Crippen molar-refractivity contribution in [2.75, 3.05) is 4.90 Å². The van der Waals surface area contributed by atoms with E-state index in [9.17, 15) is 14.4 Å². The second kappa shape index (κ2) is 5.54. The van der Waals surface area contributed by atoms with Gasteiger partial charge in [0, 0.05) is 16.1 Å². The molecule has 0 bridgehead atoms. The van der Waals surface area contributed by atoms with Crippen LogP contribution < -0.4 is 10.6 Å². The number of nitrogens with zero attached hydrogens (tertiary/aromatic N) is 2. The molecule has 0 aliphatic carbocycles. The number of anilines is 1. The molecule has 0 spiro atoms. The minimum atomic E-state index is -1.32. The maximum absolute atomic E-state index is 12.4. The van der Waals surface area contributed by atoms with E-state index in [-0.39, 0.29) is 21.8 Å². The van der Waals surface area contributed by atoms with Crippen LogP contribution in [0.5, 0.6) is 0 Å². The first-order valence-corrected chi connectivity index (χ1v) is 6.91. The van der Waals surface area contributed by atoms with Crippen molar-refractivity contribution in [3.63, 3.8) is 0 Å². The Balaban J connectivity index is 2.52. The average molecular weight is 330 g/mol. The fourth-order valence-electron chi connectivity index (χ4n) is 2.25. The van der Waals surface area contributed by atoms with Crippen LogP contribution in [0, 0.1) is 0 Å². The van der Waals surface area contributed by atoms with Gasteiger partial charge in [-0.25, -0.2) is 9.69 Å². The van der Waals surface area contributed by atoms with Gasteiger partial charge in [-0.2, -0.15) is 0 Å². The molecule has 1 aliphatic rings. The first-order valence-electron chi connectivity index (χ1n) is 6.15. The van der Waals surface area contributed by atoms with Crippen molar-refractivity contribution < 1.29 is 14.4 Å². The lowest BCUT2D eigenvalue weighted by atomic mass is 10.2. The van der Waals surface area contributed by atoms with Gasteiger partial charge in [0.15, 0.2) is 6.04 Å². The zero-order valence-electron chi connectivity index (χ0n) is 11.3. The summed E-state index contributed by atoms with van der Waals surface area (Å²) in [6, 6.07) is 2.01. The molecule has 1 fully saturated rings. The Morgan fingerprint density at radius 1 is 1.19 bits per heavy atom. The van der Waals surface area contributed by atoms with Crippen molar-refractivity contribution >= 4 is 46.7 Å². The maximum atomic E-state index is 12.4. The molecule has 2 N–H and O–H groups in total. The molecule has 8 heteroatoms. The lowest BCUT2D eigenvalue weighted by Crippen LogP contribution is -2.48. The highest BCUT2D eigenvalue weighted by Crippen LogP contribution is 2.31. The van der Waals surface area contributed by atoms with Crippen LogP contribution in [0.15, 0.2) is 18.2 Å². The summed E-state index contributed by atoms with van der Waals surface area (Å²) in [6.45, 7) is 3.38. The summed E-state index contributed by atoms with van der Waals surface area (Å²) >= 11 is 11.8. The van der Waals surface area contributed by atoms with Gasteiger partial charge in [-0.05, 0) is 32.0 Å². The molecular formula is C13H13Cl2N3O3. The molecule has 1 aromatic rings. The quantitative estimate of drug-likeness (QED) is 0.680. The minimum Gasteiger partial charge on any atom is -0.367 e. The number of carbonyl (C=O) groups excluding carboxylic acids is 3. The molecule has 112 valence electrons.